The van der Waals surface area contributed by atoms with E-state index in [1.165, 1.54) is 0 Å². The lowest BCUT2D eigenvalue weighted by Crippen LogP contribution is -2.24. The Morgan fingerprint density at radius 3 is 2.83 bits per heavy atom. The summed E-state index contributed by atoms with van der Waals surface area (Å²) >= 11 is 0. The zero-order chi connectivity index (χ0) is 15.4. The summed E-state index contributed by atoms with van der Waals surface area (Å²) in [6.07, 6.45) is 4.44. The second-order valence-electron chi connectivity index (χ2n) is 5.27. The van der Waals surface area contributed by atoms with Crippen molar-refractivity contribution in [2.24, 2.45) is 0 Å². The van der Waals surface area contributed by atoms with Crippen molar-refractivity contribution < 1.29 is 4.52 Å². The number of nitrogens with zero attached hydrogens (tertiary/aromatic N) is 4. The molecule has 0 aliphatic rings. The third-order valence-corrected chi connectivity index (χ3v) is 3.59. The molecule has 0 radical (unpaired) electrons. The molecule has 1 atom stereocenters. The molecular formula is C16H20ClN5O. The molecule has 7 heteroatoms. The standard InChI is InChI=1S/C16H19N5O.ClH/c1-12(17-2)10-15-19-16(22-20-15)14-7-4-3-6-13(14)11-21-9-5-8-18-21;/h3-9,12,17H,10-11H2,1-2H3;1H. The topological polar surface area (TPSA) is 68.8 Å². The quantitative estimate of drug-likeness (QED) is 0.750. The van der Waals surface area contributed by atoms with E-state index < -0.39 is 0 Å². The van der Waals surface area contributed by atoms with Crippen LogP contribution in [-0.2, 0) is 13.0 Å². The zero-order valence-corrected chi connectivity index (χ0v) is 14.0. The summed E-state index contributed by atoms with van der Waals surface area (Å²) in [6.45, 7) is 2.76. The molecule has 0 saturated carbocycles. The van der Waals surface area contributed by atoms with E-state index in [0.717, 1.165) is 17.5 Å². The molecule has 0 bridgehead atoms. The monoisotopic (exact) mass is 333 g/mol. The van der Waals surface area contributed by atoms with Crippen LogP contribution in [0.2, 0.25) is 0 Å². The van der Waals surface area contributed by atoms with Crippen molar-refractivity contribution >= 4 is 12.4 Å². The number of likely N-dealkylation sites (N-methyl/N-ethyl adjacent to an activating group) is 1. The van der Waals surface area contributed by atoms with Crippen molar-refractivity contribution in [2.75, 3.05) is 7.05 Å². The summed E-state index contributed by atoms with van der Waals surface area (Å²) in [5.41, 5.74) is 2.05. The van der Waals surface area contributed by atoms with Gasteiger partial charge in [0.1, 0.15) is 0 Å². The van der Waals surface area contributed by atoms with E-state index in [1.807, 2.05) is 42.2 Å². The molecule has 1 N–H and O–H groups in total. The fraction of sp³-hybridized carbons (Fsp3) is 0.312. The highest BCUT2D eigenvalue weighted by Crippen LogP contribution is 2.22. The maximum atomic E-state index is 5.44. The molecule has 0 aliphatic carbocycles. The molecule has 1 unspecified atom stereocenters. The first-order valence-electron chi connectivity index (χ1n) is 7.32. The average molecular weight is 334 g/mol. The normalized spacial score (nSPS) is 11.9. The Morgan fingerprint density at radius 2 is 2.09 bits per heavy atom. The largest absolute Gasteiger partial charge is 0.334 e. The Bertz CT molecular complexity index is 726. The Hall–Kier alpha value is -2.18. The first-order chi connectivity index (χ1) is 10.8. The van der Waals surface area contributed by atoms with Crippen molar-refractivity contribution in [1.82, 2.24) is 25.2 Å². The van der Waals surface area contributed by atoms with Crippen LogP contribution in [0.25, 0.3) is 11.5 Å². The fourth-order valence-corrected chi connectivity index (χ4v) is 2.26. The summed E-state index contributed by atoms with van der Waals surface area (Å²) in [5.74, 6) is 1.27. The molecule has 3 rings (SSSR count). The number of aromatic nitrogens is 4. The van der Waals surface area contributed by atoms with Gasteiger partial charge in [0.05, 0.1) is 6.54 Å². The molecule has 0 aliphatic heterocycles. The number of hydrogen-bond acceptors (Lipinski definition) is 5. The second-order valence-corrected chi connectivity index (χ2v) is 5.27. The van der Waals surface area contributed by atoms with Gasteiger partial charge in [-0.1, -0.05) is 23.4 Å². The lowest BCUT2D eigenvalue weighted by Gasteiger charge is -2.06. The number of nitrogens with one attached hydrogen (secondary N) is 1. The molecule has 0 amide bonds. The fourth-order valence-electron chi connectivity index (χ4n) is 2.26. The highest BCUT2D eigenvalue weighted by molar-refractivity contribution is 5.85. The van der Waals surface area contributed by atoms with Gasteiger partial charge in [-0.2, -0.15) is 10.1 Å². The van der Waals surface area contributed by atoms with Gasteiger partial charge in [0, 0.05) is 30.4 Å². The summed E-state index contributed by atoms with van der Waals surface area (Å²) in [4.78, 5) is 4.51. The van der Waals surface area contributed by atoms with Gasteiger partial charge in [-0.25, -0.2) is 0 Å². The van der Waals surface area contributed by atoms with Gasteiger partial charge >= 0.3 is 0 Å². The lowest BCUT2D eigenvalue weighted by atomic mass is 10.1. The number of halogens is 1. The summed E-state index contributed by atoms with van der Waals surface area (Å²) in [5, 5.41) is 11.5. The second kappa shape index (κ2) is 7.89. The molecule has 3 aromatic rings. The third kappa shape index (κ3) is 4.18. The predicted molar refractivity (Wildman–Crippen MR) is 90.5 cm³/mol. The van der Waals surface area contributed by atoms with Crippen LogP contribution in [0.15, 0.2) is 47.2 Å². The zero-order valence-electron chi connectivity index (χ0n) is 13.1. The van der Waals surface area contributed by atoms with E-state index in [2.05, 4.69) is 33.5 Å². The molecule has 2 aromatic heterocycles. The smallest absolute Gasteiger partial charge is 0.258 e. The van der Waals surface area contributed by atoms with Crippen LogP contribution in [0.5, 0.6) is 0 Å². The molecular weight excluding hydrogens is 314 g/mol. The molecule has 2 heterocycles. The van der Waals surface area contributed by atoms with Crippen molar-refractivity contribution in [3.8, 4) is 11.5 Å². The summed E-state index contributed by atoms with van der Waals surface area (Å²) < 4.78 is 7.31. The van der Waals surface area contributed by atoms with Gasteiger partial charge in [0.25, 0.3) is 5.89 Å². The van der Waals surface area contributed by atoms with E-state index in [9.17, 15) is 0 Å². The van der Waals surface area contributed by atoms with Crippen LogP contribution in [-0.4, -0.2) is 33.0 Å². The van der Waals surface area contributed by atoms with Gasteiger partial charge in [-0.3, -0.25) is 4.68 Å². The van der Waals surface area contributed by atoms with Crippen LogP contribution in [0, 0.1) is 0 Å². The van der Waals surface area contributed by atoms with Crippen molar-refractivity contribution in [1.29, 1.82) is 0 Å². The third-order valence-electron chi connectivity index (χ3n) is 3.59. The molecule has 1 aromatic carbocycles. The highest BCUT2D eigenvalue weighted by atomic mass is 35.5. The van der Waals surface area contributed by atoms with E-state index >= 15 is 0 Å². The van der Waals surface area contributed by atoms with Crippen LogP contribution >= 0.6 is 12.4 Å². The van der Waals surface area contributed by atoms with Gasteiger partial charge in [-0.05, 0) is 31.7 Å². The van der Waals surface area contributed by atoms with E-state index in [1.54, 1.807) is 6.20 Å². The van der Waals surface area contributed by atoms with Crippen molar-refractivity contribution in [2.45, 2.75) is 25.9 Å². The minimum atomic E-state index is 0. The average Bonchev–Trinajstić information content (AvgIpc) is 3.20. The molecule has 0 saturated heterocycles. The van der Waals surface area contributed by atoms with Crippen molar-refractivity contribution in [3.05, 3.63) is 54.1 Å². The van der Waals surface area contributed by atoms with Gasteiger partial charge in [-0.15, -0.1) is 12.4 Å². The van der Waals surface area contributed by atoms with Gasteiger partial charge < -0.3 is 9.84 Å². The first kappa shape index (κ1) is 17.2. The minimum Gasteiger partial charge on any atom is -0.334 e. The number of rotatable bonds is 6. The van der Waals surface area contributed by atoms with Crippen LogP contribution in [0.1, 0.15) is 18.3 Å². The first-order valence-corrected chi connectivity index (χ1v) is 7.32. The van der Waals surface area contributed by atoms with Crippen molar-refractivity contribution in [3.63, 3.8) is 0 Å². The predicted octanol–water partition coefficient (Wildman–Crippen LogP) is 2.55. The molecule has 0 spiro atoms. The Balaban J connectivity index is 0.00000192. The van der Waals surface area contributed by atoms with Crippen LogP contribution in [0.4, 0.5) is 0 Å². The Morgan fingerprint density at radius 1 is 1.26 bits per heavy atom. The maximum Gasteiger partial charge on any atom is 0.258 e. The molecule has 6 nitrogen and oxygen atoms in total. The van der Waals surface area contributed by atoms with E-state index in [-0.39, 0.29) is 12.4 Å². The number of benzene rings is 1. The van der Waals surface area contributed by atoms with Crippen LogP contribution < -0.4 is 5.32 Å². The Kier molecular flexibility index (Phi) is 5.90. The minimum absolute atomic E-state index is 0. The highest BCUT2D eigenvalue weighted by Gasteiger charge is 2.14. The summed E-state index contributed by atoms with van der Waals surface area (Å²) in [7, 11) is 1.92. The van der Waals surface area contributed by atoms with Crippen LogP contribution in [0.3, 0.4) is 0 Å². The van der Waals surface area contributed by atoms with Gasteiger partial charge in [0.2, 0.25) is 0 Å². The lowest BCUT2D eigenvalue weighted by molar-refractivity contribution is 0.417. The molecule has 23 heavy (non-hydrogen) atoms. The number of hydrogen-bond donors (Lipinski definition) is 1. The maximum absolute atomic E-state index is 5.44. The SMILES string of the molecule is CNC(C)Cc1noc(-c2ccccc2Cn2cccn2)n1.Cl. The molecule has 122 valence electrons. The van der Waals surface area contributed by atoms with E-state index in [0.29, 0.717) is 24.3 Å². The Labute approximate surface area is 141 Å². The summed E-state index contributed by atoms with van der Waals surface area (Å²) in [6, 6.07) is 10.2. The van der Waals surface area contributed by atoms with E-state index in [4.69, 9.17) is 4.52 Å². The molecule has 0 fully saturated rings. The van der Waals surface area contributed by atoms with Gasteiger partial charge in [0.15, 0.2) is 5.82 Å².